The van der Waals surface area contributed by atoms with Crippen LogP contribution in [0.1, 0.15) is 19.3 Å². The maximum Gasteiger partial charge on any atom is 0.511 e. The van der Waals surface area contributed by atoms with E-state index in [1.807, 2.05) is 0 Å². The average molecular weight is 438 g/mol. The zero-order chi connectivity index (χ0) is 20.7. The van der Waals surface area contributed by atoms with E-state index in [0.29, 0.717) is 42.6 Å². The van der Waals surface area contributed by atoms with Crippen molar-refractivity contribution in [2.75, 3.05) is 46.0 Å². The van der Waals surface area contributed by atoms with Gasteiger partial charge in [-0.2, -0.15) is 17.5 Å². The molecule has 0 saturated carbocycles. The lowest BCUT2D eigenvalue weighted by molar-refractivity contribution is -0.0496. The summed E-state index contributed by atoms with van der Waals surface area (Å²) in [5, 5.41) is 6.04. The third kappa shape index (κ3) is 8.19. The molecule has 9 nitrogen and oxygen atoms in total. The molecule has 1 fully saturated rings. The highest BCUT2D eigenvalue weighted by Crippen LogP contribution is 2.30. The first kappa shape index (κ1) is 23.9. The molecule has 1 aliphatic heterocycles. The lowest BCUT2D eigenvalue weighted by Crippen LogP contribution is -2.47. The Morgan fingerprint density at radius 1 is 1.11 bits per heavy atom. The zero-order valence-electron chi connectivity index (χ0n) is 15.2. The van der Waals surface area contributed by atoms with Crippen LogP contribution in [-0.4, -0.2) is 78.6 Å². The van der Waals surface area contributed by atoms with Crippen LogP contribution in [0.4, 0.5) is 13.2 Å². The Balaban J connectivity index is 2.32. The first-order chi connectivity index (χ1) is 12.4. The summed E-state index contributed by atoms with van der Waals surface area (Å²) in [5.74, 6) is 0.509. The molecule has 0 aromatic heterocycles. The first-order valence-corrected chi connectivity index (χ1v) is 11.7. The first-order valence-electron chi connectivity index (χ1n) is 8.32. The molecule has 0 aromatic carbocycles. The van der Waals surface area contributed by atoms with E-state index >= 15 is 0 Å². The van der Waals surface area contributed by atoms with Crippen molar-refractivity contribution in [1.82, 2.24) is 19.7 Å². The molecule has 0 unspecified atom stereocenters. The van der Waals surface area contributed by atoms with E-state index in [2.05, 4.69) is 20.3 Å². The number of halogens is 3. The van der Waals surface area contributed by atoms with E-state index in [1.165, 1.54) is 0 Å². The van der Waals surface area contributed by atoms with Gasteiger partial charge in [0.1, 0.15) is 0 Å². The Kier molecular flexibility index (Phi) is 8.76. The van der Waals surface area contributed by atoms with Gasteiger partial charge in [-0.25, -0.2) is 21.6 Å². The quantitative estimate of drug-likeness (QED) is 0.271. The second-order valence-electron chi connectivity index (χ2n) is 6.19. The summed E-state index contributed by atoms with van der Waals surface area (Å²) in [7, 11) is -6.92. The fourth-order valence-electron chi connectivity index (χ4n) is 2.51. The molecule has 1 heterocycles. The van der Waals surface area contributed by atoms with Crippen molar-refractivity contribution in [3.05, 3.63) is 0 Å². The van der Waals surface area contributed by atoms with Crippen LogP contribution in [0.2, 0.25) is 0 Å². The van der Waals surface area contributed by atoms with E-state index in [9.17, 15) is 30.0 Å². The Labute approximate surface area is 157 Å². The van der Waals surface area contributed by atoms with Crippen molar-refractivity contribution in [3.8, 4) is 0 Å². The zero-order valence-corrected chi connectivity index (χ0v) is 16.8. The maximum atomic E-state index is 12.5. The highest BCUT2D eigenvalue weighted by molar-refractivity contribution is 7.90. The molecule has 0 aliphatic carbocycles. The van der Waals surface area contributed by atoms with Crippen LogP contribution in [0, 0.1) is 5.92 Å². The van der Waals surface area contributed by atoms with Gasteiger partial charge in [-0.15, -0.1) is 0 Å². The number of nitrogens with zero attached hydrogens (tertiary/aromatic N) is 2. The molecule has 27 heavy (non-hydrogen) atoms. The van der Waals surface area contributed by atoms with Crippen molar-refractivity contribution >= 4 is 26.0 Å². The minimum Gasteiger partial charge on any atom is -0.356 e. The number of alkyl halides is 3. The van der Waals surface area contributed by atoms with Crippen LogP contribution >= 0.6 is 0 Å². The largest absolute Gasteiger partial charge is 0.511 e. The van der Waals surface area contributed by atoms with E-state index in [0.717, 1.165) is 6.26 Å². The molecule has 160 valence electrons. The van der Waals surface area contributed by atoms with Crippen molar-refractivity contribution in [2.45, 2.75) is 24.8 Å². The number of guanidine groups is 1. The molecule has 0 bridgehead atoms. The number of hydrogen-bond donors (Lipinski definition) is 3. The molecule has 0 aromatic rings. The summed E-state index contributed by atoms with van der Waals surface area (Å²) in [6, 6.07) is 0. The van der Waals surface area contributed by atoms with Gasteiger partial charge in [0.15, 0.2) is 5.96 Å². The normalized spacial score (nSPS) is 18.5. The average Bonchev–Trinajstić information content (AvgIpc) is 2.55. The third-order valence-electron chi connectivity index (χ3n) is 4.00. The van der Waals surface area contributed by atoms with Gasteiger partial charge < -0.3 is 10.6 Å². The van der Waals surface area contributed by atoms with E-state index in [-0.39, 0.29) is 25.6 Å². The predicted octanol–water partition coefficient (Wildman–Crippen LogP) is -0.348. The van der Waals surface area contributed by atoms with Crippen LogP contribution in [0.5, 0.6) is 0 Å². The number of rotatable bonds is 8. The molecular formula is C13H26F3N5O4S2. The molecule has 14 heteroatoms. The lowest BCUT2D eigenvalue weighted by atomic mass is 9.98. The molecule has 0 atom stereocenters. The molecule has 0 spiro atoms. The highest BCUT2D eigenvalue weighted by Gasteiger charge is 2.50. The van der Waals surface area contributed by atoms with Crippen LogP contribution in [-0.2, 0) is 20.0 Å². The molecule has 0 amide bonds. The maximum absolute atomic E-state index is 12.5. The van der Waals surface area contributed by atoms with Gasteiger partial charge in [-0.3, -0.25) is 4.99 Å². The van der Waals surface area contributed by atoms with Crippen LogP contribution in [0.3, 0.4) is 0 Å². The van der Waals surface area contributed by atoms with Gasteiger partial charge in [0.25, 0.3) is 0 Å². The number of aliphatic imine (C=N–C) groups is 1. The molecule has 1 saturated heterocycles. The summed E-state index contributed by atoms with van der Waals surface area (Å²) in [6.07, 6.45) is 2.25. The summed E-state index contributed by atoms with van der Waals surface area (Å²) < 4.78 is 85.1. The summed E-state index contributed by atoms with van der Waals surface area (Å²) in [4.78, 5) is 4.01. The number of nitrogens with one attached hydrogen (secondary N) is 3. The molecule has 0 radical (unpaired) electrons. The molecule has 3 N–H and O–H groups in total. The summed E-state index contributed by atoms with van der Waals surface area (Å²) in [5.41, 5.74) is -5.27. The minimum atomic E-state index is -5.27. The summed E-state index contributed by atoms with van der Waals surface area (Å²) >= 11 is 0. The Bertz CT molecular complexity index is 702. The second kappa shape index (κ2) is 9.89. The van der Waals surface area contributed by atoms with Crippen LogP contribution in [0.25, 0.3) is 0 Å². The van der Waals surface area contributed by atoms with Gasteiger partial charge in [-0.05, 0) is 25.2 Å². The monoisotopic (exact) mass is 437 g/mol. The fraction of sp³-hybridized carbons (Fsp3) is 0.923. The van der Waals surface area contributed by atoms with Crippen LogP contribution in [0.15, 0.2) is 4.99 Å². The van der Waals surface area contributed by atoms with Gasteiger partial charge in [0.2, 0.25) is 10.0 Å². The second-order valence-corrected chi connectivity index (χ2v) is 9.96. The van der Waals surface area contributed by atoms with E-state index in [1.54, 1.807) is 7.05 Å². The Morgan fingerprint density at radius 2 is 1.70 bits per heavy atom. The highest BCUT2D eigenvalue weighted by atomic mass is 32.2. The third-order valence-corrected chi connectivity index (χ3v) is 6.36. The van der Waals surface area contributed by atoms with Gasteiger partial charge in [0, 0.05) is 39.8 Å². The summed E-state index contributed by atoms with van der Waals surface area (Å²) in [6.45, 7) is 0.870. The molecular weight excluding hydrogens is 411 g/mol. The van der Waals surface area contributed by atoms with Gasteiger partial charge in [-0.1, -0.05) is 0 Å². The fourth-order valence-corrected chi connectivity index (χ4v) is 4.01. The Hall–Kier alpha value is -1.12. The minimum absolute atomic E-state index is 0.0233. The Morgan fingerprint density at radius 3 is 2.19 bits per heavy atom. The van der Waals surface area contributed by atoms with Gasteiger partial charge >= 0.3 is 15.5 Å². The topological polar surface area (TPSA) is 120 Å². The van der Waals surface area contributed by atoms with Gasteiger partial charge in [0.05, 0.1) is 6.26 Å². The standard InChI is InChI=1S/C13H26F3N5O4S2/c1-17-12(18-6-3-7-20-26(2,22)23)19-10-11-4-8-21(9-5-11)27(24,25)13(14,15)16/h11,20H,3-10H2,1-2H3,(H2,17,18,19). The number of piperidine rings is 1. The van der Waals surface area contributed by atoms with Crippen molar-refractivity contribution in [1.29, 1.82) is 0 Å². The van der Waals surface area contributed by atoms with E-state index < -0.39 is 25.6 Å². The van der Waals surface area contributed by atoms with Crippen molar-refractivity contribution in [3.63, 3.8) is 0 Å². The number of sulfonamides is 2. The lowest BCUT2D eigenvalue weighted by Gasteiger charge is -2.31. The molecule has 1 rings (SSSR count). The predicted molar refractivity (Wildman–Crippen MR) is 96.1 cm³/mol. The molecule has 1 aliphatic rings. The van der Waals surface area contributed by atoms with Crippen molar-refractivity contribution in [2.24, 2.45) is 10.9 Å². The smallest absolute Gasteiger partial charge is 0.356 e. The SMILES string of the molecule is CN=C(NCCCNS(C)(=O)=O)NCC1CCN(S(=O)(=O)C(F)(F)F)CC1. The van der Waals surface area contributed by atoms with Crippen LogP contribution < -0.4 is 15.4 Å². The van der Waals surface area contributed by atoms with E-state index in [4.69, 9.17) is 0 Å². The van der Waals surface area contributed by atoms with Crippen molar-refractivity contribution < 1.29 is 30.0 Å². The number of hydrogen-bond acceptors (Lipinski definition) is 5.